The molecular formula is C12H21N5O2. The van der Waals surface area contributed by atoms with E-state index in [-0.39, 0.29) is 12.1 Å². The van der Waals surface area contributed by atoms with Crippen LogP contribution in [0.2, 0.25) is 0 Å². The lowest BCUT2D eigenvalue weighted by Crippen LogP contribution is -2.25. The normalized spacial score (nSPS) is 22.9. The van der Waals surface area contributed by atoms with Gasteiger partial charge in [-0.3, -0.25) is 0 Å². The van der Waals surface area contributed by atoms with Gasteiger partial charge in [0.25, 0.3) is 0 Å². The third kappa shape index (κ3) is 3.92. The zero-order valence-corrected chi connectivity index (χ0v) is 11.4. The first-order chi connectivity index (χ1) is 9.21. The molecule has 2 atom stereocenters. The molecule has 0 bridgehead atoms. The van der Waals surface area contributed by atoms with Crippen molar-refractivity contribution in [2.75, 3.05) is 31.3 Å². The summed E-state index contributed by atoms with van der Waals surface area (Å²) in [7, 11) is 3.27. The Hall–Kier alpha value is -1.63. The molecule has 19 heavy (non-hydrogen) atoms. The average Bonchev–Trinajstić information content (AvgIpc) is 2.44. The zero-order chi connectivity index (χ0) is 13.7. The molecule has 1 heterocycles. The molecule has 0 radical (unpaired) electrons. The largest absolute Gasteiger partial charge is 0.467 e. The van der Waals surface area contributed by atoms with Gasteiger partial charge in [-0.25, -0.2) is 0 Å². The van der Waals surface area contributed by atoms with Crippen molar-refractivity contribution in [1.82, 2.24) is 15.0 Å². The number of aromatic nitrogens is 3. The summed E-state index contributed by atoms with van der Waals surface area (Å²) in [5.74, 6) is 1.43. The lowest BCUT2D eigenvalue weighted by molar-refractivity contribution is 0.104. The van der Waals surface area contributed by atoms with Gasteiger partial charge in [0.2, 0.25) is 11.9 Å². The van der Waals surface area contributed by atoms with E-state index in [0.717, 1.165) is 32.2 Å². The minimum Gasteiger partial charge on any atom is -0.467 e. The van der Waals surface area contributed by atoms with Crippen LogP contribution in [0.5, 0.6) is 6.01 Å². The molecule has 1 aliphatic carbocycles. The highest BCUT2D eigenvalue weighted by Gasteiger charge is 2.20. The van der Waals surface area contributed by atoms with E-state index in [1.165, 1.54) is 7.11 Å². The molecule has 0 amide bonds. The van der Waals surface area contributed by atoms with Gasteiger partial charge in [-0.05, 0) is 25.2 Å². The number of nitrogens with one attached hydrogen (secondary N) is 2. The Bertz CT molecular complexity index is 393. The molecule has 7 heteroatoms. The van der Waals surface area contributed by atoms with Crippen LogP contribution < -0.4 is 15.4 Å². The van der Waals surface area contributed by atoms with Crippen molar-refractivity contribution in [2.45, 2.75) is 31.8 Å². The van der Waals surface area contributed by atoms with E-state index < -0.39 is 0 Å². The van der Waals surface area contributed by atoms with Crippen molar-refractivity contribution in [3.63, 3.8) is 0 Å². The molecule has 0 aromatic carbocycles. The van der Waals surface area contributed by atoms with Crippen LogP contribution in [-0.2, 0) is 0 Å². The van der Waals surface area contributed by atoms with Crippen molar-refractivity contribution in [2.24, 2.45) is 5.92 Å². The van der Waals surface area contributed by atoms with Gasteiger partial charge in [-0.1, -0.05) is 6.42 Å². The maximum atomic E-state index is 9.64. The Morgan fingerprint density at radius 3 is 2.74 bits per heavy atom. The molecule has 2 rings (SSSR count). The zero-order valence-electron chi connectivity index (χ0n) is 11.4. The van der Waals surface area contributed by atoms with E-state index in [4.69, 9.17) is 4.74 Å². The van der Waals surface area contributed by atoms with Gasteiger partial charge >= 0.3 is 6.01 Å². The number of hydrogen-bond acceptors (Lipinski definition) is 7. The van der Waals surface area contributed by atoms with Crippen LogP contribution in [0.25, 0.3) is 0 Å². The number of ether oxygens (including phenoxy) is 1. The van der Waals surface area contributed by atoms with Crippen molar-refractivity contribution >= 4 is 11.9 Å². The lowest BCUT2D eigenvalue weighted by atomic mass is 9.87. The second kappa shape index (κ2) is 6.51. The summed E-state index contributed by atoms with van der Waals surface area (Å²) >= 11 is 0. The van der Waals surface area contributed by atoms with E-state index in [9.17, 15) is 5.11 Å². The van der Waals surface area contributed by atoms with Gasteiger partial charge in [0.1, 0.15) is 0 Å². The van der Waals surface area contributed by atoms with Crippen molar-refractivity contribution in [1.29, 1.82) is 0 Å². The van der Waals surface area contributed by atoms with Gasteiger partial charge in [-0.2, -0.15) is 15.0 Å². The SMILES string of the molecule is CNc1nc(NCC2CCCC(O)C2)nc(OC)n1. The molecule has 106 valence electrons. The Labute approximate surface area is 112 Å². The number of methoxy groups -OCH3 is 1. The van der Waals surface area contributed by atoms with Crippen LogP contribution in [0.4, 0.5) is 11.9 Å². The quantitative estimate of drug-likeness (QED) is 0.729. The molecule has 1 fully saturated rings. The van der Waals surface area contributed by atoms with E-state index in [1.54, 1.807) is 7.05 Å². The molecule has 0 spiro atoms. The third-order valence-corrected chi connectivity index (χ3v) is 3.33. The van der Waals surface area contributed by atoms with E-state index in [1.807, 2.05) is 0 Å². The Morgan fingerprint density at radius 1 is 1.26 bits per heavy atom. The summed E-state index contributed by atoms with van der Waals surface area (Å²) in [6.45, 7) is 0.757. The van der Waals surface area contributed by atoms with Gasteiger partial charge in [-0.15, -0.1) is 0 Å². The van der Waals surface area contributed by atoms with Crippen LogP contribution in [0, 0.1) is 5.92 Å². The summed E-state index contributed by atoms with van der Waals surface area (Å²) < 4.78 is 5.02. The molecule has 1 aliphatic rings. The fourth-order valence-electron chi connectivity index (χ4n) is 2.32. The Morgan fingerprint density at radius 2 is 2.05 bits per heavy atom. The monoisotopic (exact) mass is 267 g/mol. The van der Waals surface area contributed by atoms with Gasteiger partial charge in [0, 0.05) is 13.6 Å². The summed E-state index contributed by atoms with van der Waals surface area (Å²) in [6, 6.07) is 0.283. The highest BCUT2D eigenvalue weighted by atomic mass is 16.5. The first-order valence-corrected chi connectivity index (χ1v) is 6.61. The summed E-state index contributed by atoms with van der Waals surface area (Å²) in [5, 5.41) is 15.7. The first kappa shape index (κ1) is 13.8. The Kier molecular flexibility index (Phi) is 4.73. The predicted molar refractivity (Wildman–Crippen MR) is 72.4 cm³/mol. The van der Waals surface area contributed by atoms with Crippen LogP contribution in [-0.4, -0.2) is 46.9 Å². The number of aliphatic hydroxyl groups excluding tert-OH is 1. The lowest BCUT2D eigenvalue weighted by Gasteiger charge is -2.25. The highest BCUT2D eigenvalue weighted by molar-refractivity contribution is 5.35. The van der Waals surface area contributed by atoms with Crippen molar-refractivity contribution < 1.29 is 9.84 Å². The van der Waals surface area contributed by atoms with Gasteiger partial charge < -0.3 is 20.5 Å². The van der Waals surface area contributed by atoms with Crippen LogP contribution in [0.15, 0.2) is 0 Å². The minimum atomic E-state index is -0.165. The van der Waals surface area contributed by atoms with Crippen molar-refractivity contribution in [3.8, 4) is 6.01 Å². The highest BCUT2D eigenvalue weighted by Crippen LogP contribution is 2.24. The summed E-state index contributed by atoms with van der Waals surface area (Å²) in [6.07, 6.45) is 3.80. The van der Waals surface area contributed by atoms with Crippen LogP contribution in [0.3, 0.4) is 0 Å². The van der Waals surface area contributed by atoms with Crippen molar-refractivity contribution in [3.05, 3.63) is 0 Å². The molecule has 7 nitrogen and oxygen atoms in total. The van der Waals surface area contributed by atoms with Gasteiger partial charge in [0.05, 0.1) is 13.2 Å². The molecule has 1 aromatic rings. The molecule has 3 N–H and O–H groups in total. The van der Waals surface area contributed by atoms with E-state index in [0.29, 0.717) is 17.8 Å². The molecule has 0 saturated heterocycles. The maximum Gasteiger partial charge on any atom is 0.322 e. The third-order valence-electron chi connectivity index (χ3n) is 3.33. The predicted octanol–water partition coefficient (Wildman–Crippen LogP) is 0.885. The standard InChI is InChI=1S/C12H21N5O2/c1-13-10-15-11(17-12(16-10)19-2)14-7-8-4-3-5-9(18)6-8/h8-9,18H,3-7H2,1-2H3,(H2,13,14,15,16,17). The molecular weight excluding hydrogens is 246 g/mol. The Balaban J connectivity index is 1.94. The van der Waals surface area contributed by atoms with Crippen LogP contribution in [0.1, 0.15) is 25.7 Å². The van der Waals surface area contributed by atoms with E-state index >= 15 is 0 Å². The second-order valence-corrected chi connectivity index (χ2v) is 4.79. The summed E-state index contributed by atoms with van der Waals surface area (Å²) in [4.78, 5) is 12.4. The molecule has 2 unspecified atom stereocenters. The number of rotatable bonds is 5. The fraction of sp³-hybridized carbons (Fsp3) is 0.750. The number of hydrogen-bond donors (Lipinski definition) is 3. The smallest absolute Gasteiger partial charge is 0.322 e. The molecule has 1 aromatic heterocycles. The topological polar surface area (TPSA) is 92.2 Å². The average molecular weight is 267 g/mol. The summed E-state index contributed by atoms with van der Waals surface area (Å²) in [5.41, 5.74) is 0. The minimum absolute atomic E-state index is 0.165. The molecule has 0 aliphatic heterocycles. The number of nitrogens with zero attached hydrogens (tertiary/aromatic N) is 3. The fourth-order valence-corrected chi connectivity index (χ4v) is 2.32. The number of aliphatic hydroxyl groups is 1. The first-order valence-electron chi connectivity index (χ1n) is 6.61. The van der Waals surface area contributed by atoms with Gasteiger partial charge in [0.15, 0.2) is 0 Å². The number of anilines is 2. The maximum absolute atomic E-state index is 9.64. The van der Waals surface area contributed by atoms with E-state index in [2.05, 4.69) is 25.6 Å². The van der Waals surface area contributed by atoms with Crippen LogP contribution >= 0.6 is 0 Å². The molecule has 1 saturated carbocycles. The second-order valence-electron chi connectivity index (χ2n) is 4.79.